The van der Waals surface area contributed by atoms with Crippen molar-refractivity contribution in [2.75, 3.05) is 5.32 Å². The molecule has 0 atom stereocenters. The van der Waals surface area contributed by atoms with Gasteiger partial charge in [-0.25, -0.2) is 0 Å². The number of pyridine rings is 1. The fourth-order valence-electron chi connectivity index (χ4n) is 2.17. The number of nitrogens with zero attached hydrogens (tertiary/aromatic N) is 2. The molecule has 0 aliphatic carbocycles. The SMILES string of the molecule is CC(C)c1cc(NC(=O)c2nccc3ccccc23)n[nH]1. The van der Waals surface area contributed by atoms with E-state index in [0.717, 1.165) is 16.5 Å². The third kappa shape index (κ3) is 2.63. The molecule has 0 radical (unpaired) electrons. The fourth-order valence-corrected chi connectivity index (χ4v) is 2.17. The minimum absolute atomic E-state index is 0.256. The van der Waals surface area contributed by atoms with Crippen molar-refractivity contribution in [3.05, 3.63) is 54.0 Å². The van der Waals surface area contributed by atoms with Gasteiger partial charge in [0, 0.05) is 23.3 Å². The van der Waals surface area contributed by atoms with Crippen molar-refractivity contribution in [2.45, 2.75) is 19.8 Å². The summed E-state index contributed by atoms with van der Waals surface area (Å²) in [5.41, 5.74) is 1.39. The van der Waals surface area contributed by atoms with E-state index in [-0.39, 0.29) is 5.91 Å². The number of fused-ring (bicyclic) bond motifs is 1. The standard InChI is InChI=1S/C16H16N4O/c1-10(2)13-9-14(20-19-13)18-16(21)15-12-6-4-3-5-11(12)7-8-17-15/h3-10H,1-2H3,(H2,18,19,20,21). The lowest BCUT2D eigenvalue weighted by atomic mass is 10.1. The lowest BCUT2D eigenvalue weighted by Gasteiger charge is -2.05. The van der Waals surface area contributed by atoms with Crippen LogP contribution >= 0.6 is 0 Å². The second kappa shape index (κ2) is 5.36. The van der Waals surface area contributed by atoms with Crippen LogP contribution in [0.5, 0.6) is 0 Å². The number of anilines is 1. The van der Waals surface area contributed by atoms with Crippen LogP contribution in [0.4, 0.5) is 5.82 Å². The molecule has 2 N–H and O–H groups in total. The summed E-state index contributed by atoms with van der Waals surface area (Å²) in [6.45, 7) is 4.12. The van der Waals surface area contributed by atoms with E-state index < -0.39 is 0 Å². The maximum absolute atomic E-state index is 12.4. The Hall–Kier alpha value is -2.69. The number of carbonyl (C=O) groups excluding carboxylic acids is 1. The Morgan fingerprint density at radius 2 is 2.05 bits per heavy atom. The first-order chi connectivity index (χ1) is 10.1. The number of rotatable bonds is 3. The Kier molecular flexibility index (Phi) is 3.39. The third-order valence-corrected chi connectivity index (χ3v) is 3.35. The molecule has 2 heterocycles. The number of aromatic nitrogens is 3. The first-order valence-electron chi connectivity index (χ1n) is 6.85. The van der Waals surface area contributed by atoms with Gasteiger partial charge in [-0.3, -0.25) is 14.9 Å². The van der Waals surface area contributed by atoms with Crippen LogP contribution in [0.3, 0.4) is 0 Å². The fraction of sp³-hybridized carbons (Fsp3) is 0.188. The summed E-state index contributed by atoms with van der Waals surface area (Å²) in [7, 11) is 0. The Balaban J connectivity index is 1.90. The van der Waals surface area contributed by atoms with E-state index in [1.807, 2.05) is 36.4 Å². The molecule has 5 heteroatoms. The van der Waals surface area contributed by atoms with E-state index in [9.17, 15) is 4.79 Å². The van der Waals surface area contributed by atoms with E-state index in [4.69, 9.17) is 0 Å². The number of nitrogens with one attached hydrogen (secondary N) is 2. The summed E-state index contributed by atoms with van der Waals surface area (Å²) in [4.78, 5) is 16.6. The quantitative estimate of drug-likeness (QED) is 0.773. The smallest absolute Gasteiger partial charge is 0.276 e. The largest absolute Gasteiger partial charge is 0.304 e. The van der Waals surface area contributed by atoms with Gasteiger partial charge in [0.05, 0.1) is 0 Å². The molecule has 0 aliphatic rings. The molecule has 2 aromatic heterocycles. The van der Waals surface area contributed by atoms with E-state index >= 15 is 0 Å². The van der Waals surface area contributed by atoms with Crippen molar-refractivity contribution in [1.29, 1.82) is 0 Å². The molecule has 3 aromatic rings. The van der Waals surface area contributed by atoms with Crippen molar-refractivity contribution in [3.63, 3.8) is 0 Å². The van der Waals surface area contributed by atoms with Gasteiger partial charge in [0.1, 0.15) is 5.69 Å². The van der Waals surface area contributed by atoms with E-state index in [1.165, 1.54) is 0 Å². The van der Waals surface area contributed by atoms with Crippen LogP contribution < -0.4 is 5.32 Å². The highest BCUT2D eigenvalue weighted by Gasteiger charge is 2.13. The van der Waals surface area contributed by atoms with Gasteiger partial charge in [-0.15, -0.1) is 0 Å². The zero-order chi connectivity index (χ0) is 14.8. The number of hydrogen-bond donors (Lipinski definition) is 2. The normalized spacial score (nSPS) is 11.0. The maximum atomic E-state index is 12.4. The average molecular weight is 280 g/mol. The molecule has 0 bridgehead atoms. The third-order valence-electron chi connectivity index (χ3n) is 3.35. The number of carbonyl (C=O) groups is 1. The zero-order valence-corrected chi connectivity index (χ0v) is 11.9. The van der Waals surface area contributed by atoms with E-state index in [2.05, 4.69) is 34.3 Å². The second-order valence-corrected chi connectivity index (χ2v) is 5.20. The summed E-state index contributed by atoms with van der Waals surface area (Å²) in [6, 6.07) is 11.4. The molecule has 0 saturated heterocycles. The van der Waals surface area contributed by atoms with Crippen molar-refractivity contribution >= 4 is 22.5 Å². The Labute approximate surface area is 122 Å². The monoisotopic (exact) mass is 280 g/mol. The molecule has 0 saturated carbocycles. The minimum Gasteiger partial charge on any atom is -0.304 e. The highest BCUT2D eigenvalue weighted by Crippen LogP contribution is 2.19. The van der Waals surface area contributed by atoms with Crippen LogP contribution in [0.25, 0.3) is 10.8 Å². The number of benzene rings is 1. The maximum Gasteiger partial charge on any atom is 0.276 e. The van der Waals surface area contributed by atoms with Crippen LogP contribution in [0.15, 0.2) is 42.6 Å². The van der Waals surface area contributed by atoms with Crippen molar-refractivity contribution in [2.24, 2.45) is 0 Å². The number of amides is 1. The molecular weight excluding hydrogens is 264 g/mol. The minimum atomic E-state index is -0.256. The van der Waals surface area contributed by atoms with Gasteiger partial charge in [-0.2, -0.15) is 5.10 Å². The molecule has 1 aromatic carbocycles. The van der Waals surface area contributed by atoms with Gasteiger partial charge in [0.2, 0.25) is 0 Å². The van der Waals surface area contributed by atoms with Crippen LogP contribution in [-0.2, 0) is 0 Å². The highest BCUT2D eigenvalue weighted by molar-refractivity contribution is 6.11. The Bertz CT molecular complexity index is 786. The van der Waals surface area contributed by atoms with Gasteiger partial charge in [0.15, 0.2) is 5.82 Å². The van der Waals surface area contributed by atoms with Gasteiger partial charge in [0.25, 0.3) is 5.91 Å². The van der Waals surface area contributed by atoms with Crippen LogP contribution in [0.1, 0.15) is 35.9 Å². The molecule has 0 aliphatic heterocycles. The summed E-state index contributed by atoms with van der Waals surface area (Å²) in [5.74, 6) is 0.589. The van der Waals surface area contributed by atoms with Crippen LogP contribution in [-0.4, -0.2) is 21.1 Å². The summed E-state index contributed by atoms with van der Waals surface area (Å²) in [6.07, 6.45) is 1.64. The molecule has 21 heavy (non-hydrogen) atoms. The zero-order valence-electron chi connectivity index (χ0n) is 11.9. The number of hydrogen-bond acceptors (Lipinski definition) is 3. The number of H-pyrrole nitrogens is 1. The average Bonchev–Trinajstić information content (AvgIpc) is 2.95. The molecule has 0 spiro atoms. The molecular formula is C16H16N4O. The van der Waals surface area contributed by atoms with Crippen molar-refractivity contribution in [1.82, 2.24) is 15.2 Å². The van der Waals surface area contributed by atoms with Gasteiger partial charge in [-0.05, 0) is 17.4 Å². The second-order valence-electron chi connectivity index (χ2n) is 5.20. The Morgan fingerprint density at radius 1 is 1.24 bits per heavy atom. The molecule has 0 fully saturated rings. The van der Waals surface area contributed by atoms with Crippen molar-refractivity contribution in [3.8, 4) is 0 Å². The summed E-state index contributed by atoms with van der Waals surface area (Å²) in [5, 5.41) is 11.6. The van der Waals surface area contributed by atoms with Crippen molar-refractivity contribution < 1.29 is 4.79 Å². The lowest BCUT2D eigenvalue weighted by molar-refractivity contribution is 0.102. The first-order valence-corrected chi connectivity index (χ1v) is 6.85. The van der Waals surface area contributed by atoms with Gasteiger partial charge in [-0.1, -0.05) is 38.1 Å². The number of aromatic amines is 1. The predicted molar refractivity (Wildman–Crippen MR) is 82.4 cm³/mol. The van der Waals surface area contributed by atoms with Crippen LogP contribution in [0.2, 0.25) is 0 Å². The van der Waals surface area contributed by atoms with Gasteiger partial charge >= 0.3 is 0 Å². The lowest BCUT2D eigenvalue weighted by Crippen LogP contribution is -2.14. The summed E-state index contributed by atoms with van der Waals surface area (Å²) < 4.78 is 0. The molecule has 0 unspecified atom stereocenters. The van der Waals surface area contributed by atoms with Crippen LogP contribution in [0, 0.1) is 0 Å². The summed E-state index contributed by atoms with van der Waals surface area (Å²) >= 11 is 0. The molecule has 5 nitrogen and oxygen atoms in total. The molecule has 106 valence electrons. The molecule has 1 amide bonds. The predicted octanol–water partition coefficient (Wildman–Crippen LogP) is 3.33. The van der Waals surface area contributed by atoms with Gasteiger partial charge < -0.3 is 5.32 Å². The topological polar surface area (TPSA) is 70.7 Å². The first kappa shape index (κ1) is 13.3. The van der Waals surface area contributed by atoms with E-state index in [1.54, 1.807) is 6.20 Å². The van der Waals surface area contributed by atoms with E-state index in [0.29, 0.717) is 17.4 Å². The highest BCUT2D eigenvalue weighted by atomic mass is 16.1. The Morgan fingerprint density at radius 3 is 2.81 bits per heavy atom. The molecule has 3 rings (SSSR count).